The highest BCUT2D eigenvalue weighted by Gasteiger charge is 2.13. The van der Waals surface area contributed by atoms with Crippen molar-refractivity contribution in [3.8, 4) is 11.5 Å². The maximum absolute atomic E-state index is 12.2. The molecule has 0 heterocycles. The molecule has 2 rings (SSSR count). The maximum atomic E-state index is 12.2. The lowest BCUT2D eigenvalue weighted by Gasteiger charge is -2.17. The van der Waals surface area contributed by atoms with Gasteiger partial charge in [0.2, 0.25) is 11.8 Å². The number of anilines is 2. The predicted octanol–water partition coefficient (Wildman–Crippen LogP) is 3.48. The molecule has 0 aromatic heterocycles. The van der Waals surface area contributed by atoms with Crippen molar-refractivity contribution < 1.29 is 19.1 Å². The Labute approximate surface area is 153 Å². The van der Waals surface area contributed by atoms with Gasteiger partial charge in [-0.05, 0) is 30.7 Å². The van der Waals surface area contributed by atoms with Crippen molar-refractivity contribution in [2.24, 2.45) is 0 Å². The molecule has 138 valence electrons. The summed E-state index contributed by atoms with van der Waals surface area (Å²) >= 11 is 0. The van der Waals surface area contributed by atoms with E-state index in [0.717, 1.165) is 5.69 Å². The Hall–Kier alpha value is -3.02. The topological polar surface area (TPSA) is 67.9 Å². The zero-order valence-electron chi connectivity index (χ0n) is 15.3. The van der Waals surface area contributed by atoms with Crippen LogP contribution in [0.1, 0.15) is 19.3 Å². The van der Waals surface area contributed by atoms with Crippen LogP contribution in [0.3, 0.4) is 0 Å². The van der Waals surface area contributed by atoms with E-state index >= 15 is 0 Å². The highest BCUT2D eigenvalue weighted by Crippen LogP contribution is 2.29. The van der Waals surface area contributed by atoms with Crippen molar-refractivity contribution >= 4 is 23.2 Å². The Morgan fingerprint density at radius 1 is 1.00 bits per heavy atom. The van der Waals surface area contributed by atoms with E-state index in [9.17, 15) is 9.59 Å². The minimum Gasteiger partial charge on any atom is -0.497 e. The van der Waals surface area contributed by atoms with E-state index < -0.39 is 0 Å². The first-order chi connectivity index (χ1) is 12.5. The minimum absolute atomic E-state index is 0.0250. The molecule has 2 aromatic carbocycles. The Balaban J connectivity index is 1.85. The zero-order valence-corrected chi connectivity index (χ0v) is 15.3. The van der Waals surface area contributed by atoms with Crippen LogP contribution >= 0.6 is 0 Å². The predicted molar refractivity (Wildman–Crippen MR) is 102 cm³/mol. The van der Waals surface area contributed by atoms with Crippen molar-refractivity contribution in [3.05, 3.63) is 48.5 Å². The first kappa shape index (κ1) is 19.3. The van der Waals surface area contributed by atoms with E-state index in [1.165, 1.54) is 7.11 Å². The van der Waals surface area contributed by atoms with Crippen molar-refractivity contribution in [1.82, 2.24) is 0 Å². The molecule has 0 aliphatic rings. The number of benzene rings is 2. The molecule has 2 amide bonds. The number of carbonyl (C=O) groups excluding carboxylic acids is 2. The zero-order chi connectivity index (χ0) is 18.9. The second-order valence-corrected chi connectivity index (χ2v) is 5.76. The van der Waals surface area contributed by atoms with Crippen LogP contribution in [0, 0.1) is 0 Å². The molecule has 26 heavy (non-hydrogen) atoms. The molecule has 0 unspecified atom stereocenters. The van der Waals surface area contributed by atoms with E-state index in [4.69, 9.17) is 9.47 Å². The number of amides is 2. The monoisotopic (exact) mass is 356 g/mol. The number of hydrogen-bond donors (Lipinski definition) is 1. The van der Waals surface area contributed by atoms with Crippen molar-refractivity contribution in [1.29, 1.82) is 0 Å². The largest absolute Gasteiger partial charge is 0.497 e. The molecule has 0 aliphatic heterocycles. The number of methoxy groups -OCH3 is 2. The fourth-order valence-electron chi connectivity index (χ4n) is 2.49. The second-order valence-electron chi connectivity index (χ2n) is 5.76. The number of hydrogen-bond acceptors (Lipinski definition) is 4. The van der Waals surface area contributed by atoms with Gasteiger partial charge in [-0.3, -0.25) is 9.59 Å². The summed E-state index contributed by atoms with van der Waals surface area (Å²) in [7, 11) is 4.83. The van der Waals surface area contributed by atoms with Crippen molar-refractivity contribution in [3.63, 3.8) is 0 Å². The van der Waals surface area contributed by atoms with Gasteiger partial charge in [0.1, 0.15) is 11.5 Å². The van der Waals surface area contributed by atoms with Gasteiger partial charge in [-0.15, -0.1) is 0 Å². The van der Waals surface area contributed by atoms with Crippen LogP contribution in [0.4, 0.5) is 11.4 Å². The van der Waals surface area contributed by atoms with Crippen molar-refractivity contribution in [2.45, 2.75) is 19.3 Å². The molecular weight excluding hydrogens is 332 g/mol. The third kappa shape index (κ3) is 5.24. The van der Waals surface area contributed by atoms with Crippen LogP contribution in [0.15, 0.2) is 48.5 Å². The van der Waals surface area contributed by atoms with Crippen LogP contribution in [0.2, 0.25) is 0 Å². The molecule has 6 heteroatoms. The Kier molecular flexibility index (Phi) is 7.02. The molecule has 0 saturated carbocycles. The van der Waals surface area contributed by atoms with Gasteiger partial charge in [0.25, 0.3) is 0 Å². The van der Waals surface area contributed by atoms with Gasteiger partial charge in [-0.1, -0.05) is 18.2 Å². The first-order valence-corrected chi connectivity index (χ1v) is 8.38. The number of carbonyl (C=O) groups is 2. The first-order valence-electron chi connectivity index (χ1n) is 8.38. The van der Waals surface area contributed by atoms with Gasteiger partial charge >= 0.3 is 0 Å². The van der Waals surface area contributed by atoms with Crippen LogP contribution in [0.25, 0.3) is 0 Å². The molecule has 0 atom stereocenters. The molecule has 0 spiro atoms. The van der Waals surface area contributed by atoms with Crippen LogP contribution in [0.5, 0.6) is 11.5 Å². The Morgan fingerprint density at radius 2 is 1.73 bits per heavy atom. The third-order valence-corrected chi connectivity index (χ3v) is 3.99. The fourth-order valence-corrected chi connectivity index (χ4v) is 2.49. The van der Waals surface area contributed by atoms with Crippen molar-refractivity contribution in [2.75, 3.05) is 31.5 Å². The normalized spacial score (nSPS) is 10.1. The highest BCUT2D eigenvalue weighted by atomic mass is 16.5. The molecule has 0 fully saturated rings. The van der Waals surface area contributed by atoms with E-state index in [1.807, 2.05) is 30.3 Å². The standard InChI is InChI=1S/C20H24N2O4/c1-22(15-8-5-4-6-9-15)20(24)11-7-10-19(23)21-17-14-16(25-2)12-13-18(17)26-3/h4-6,8-9,12-14H,7,10-11H2,1-3H3,(H,21,23). The maximum Gasteiger partial charge on any atom is 0.226 e. The number of rotatable bonds is 8. The molecule has 1 N–H and O–H groups in total. The van der Waals surface area contributed by atoms with Crippen LogP contribution < -0.4 is 19.7 Å². The Bertz CT molecular complexity index is 747. The van der Waals surface area contributed by atoms with E-state index in [-0.39, 0.29) is 18.2 Å². The summed E-state index contributed by atoms with van der Waals surface area (Å²) in [5.41, 5.74) is 1.38. The molecule has 0 saturated heterocycles. The average molecular weight is 356 g/mol. The fraction of sp³-hybridized carbons (Fsp3) is 0.300. The van der Waals surface area contributed by atoms with Gasteiger partial charge in [0.05, 0.1) is 19.9 Å². The highest BCUT2D eigenvalue weighted by molar-refractivity contribution is 5.94. The van der Waals surface area contributed by atoms with Gasteiger partial charge in [0.15, 0.2) is 0 Å². The van der Waals surface area contributed by atoms with Gasteiger partial charge in [0, 0.05) is 31.6 Å². The molecule has 0 radical (unpaired) electrons. The summed E-state index contributed by atoms with van der Waals surface area (Å²) in [5.74, 6) is 0.981. The smallest absolute Gasteiger partial charge is 0.226 e. The molecule has 2 aromatic rings. The lowest BCUT2D eigenvalue weighted by Crippen LogP contribution is -2.26. The third-order valence-electron chi connectivity index (χ3n) is 3.99. The van der Waals surface area contributed by atoms with Gasteiger partial charge < -0.3 is 19.7 Å². The number of para-hydroxylation sites is 1. The number of nitrogens with zero attached hydrogens (tertiary/aromatic N) is 1. The van der Waals surface area contributed by atoms with E-state index in [2.05, 4.69) is 5.32 Å². The molecular formula is C20H24N2O4. The number of nitrogens with one attached hydrogen (secondary N) is 1. The molecule has 6 nitrogen and oxygen atoms in total. The molecule has 0 bridgehead atoms. The van der Waals surface area contributed by atoms with Gasteiger partial charge in [-0.25, -0.2) is 0 Å². The lowest BCUT2D eigenvalue weighted by atomic mass is 10.2. The minimum atomic E-state index is -0.174. The summed E-state index contributed by atoms with van der Waals surface area (Å²) < 4.78 is 10.4. The summed E-state index contributed by atoms with van der Waals surface area (Å²) in [5, 5.41) is 2.80. The Morgan fingerprint density at radius 3 is 2.38 bits per heavy atom. The van der Waals surface area contributed by atoms with E-state index in [0.29, 0.717) is 30.0 Å². The van der Waals surface area contributed by atoms with Gasteiger partial charge in [-0.2, -0.15) is 0 Å². The average Bonchev–Trinajstić information content (AvgIpc) is 2.67. The summed E-state index contributed by atoms with van der Waals surface area (Å²) in [4.78, 5) is 26.0. The quantitative estimate of drug-likeness (QED) is 0.786. The second kappa shape index (κ2) is 9.46. The SMILES string of the molecule is COc1ccc(OC)c(NC(=O)CCCC(=O)N(C)c2ccccc2)c1. The summed E-state index contributed by atoms with van der Waals surface area (Å²) in [6.45, 7) is 0. The van der Waals surface area contributed by atoms with E-state index in [1.54, 1.807) is 37.3 Å². The number of ether oxygens (including phenoxy) is 2. The molecule has 0 aliphatic carbocycles. The lowest BCUT2D eigenvalue weighted by molar-refractivity contribution is -0.118. The van der Waals surface area contributed by atoms with Crippen LogP contribution in [-0.2, 0) is 9.59 Å². The van der Waals surface area contributed by atoms with Crippen LogP contribution in [-0.4, -0.2) is 33.1 Å². The summed E-state index contributed by atoms with van der Waals surface area (Å²) in [6.07, 6.45) is 1.01. The summed E-state index contributed by atoms with van der Waals surface area (Å²) in [6, 6.07) is 14.6.